The fourth-order valence-electron chi connectivity index (χ4n) is 1.03. The van der Waals surface area contributed by atoms with E-state index in [4.69, 9.17) is 4.12 Å². The van der Waals surface area contributed by atoms with Crippen molar-refractivity contribution in [1.29, 1.82) is 0 Å². The minimum Gasteiger partial charge on any atom is -0.459 e. The molecule has 1 aromatic carbocycles. The zero-order chi connectivity index (χ0) is 8.97. The summed E-state index contributed by atoms with van der Waals surface area (Å²) in [4.78, 5) is 0. The van der Waals surface area contributed by atoms with Gasteiger partial charge >= 0.3 is 0 Å². The van der Waals surface area contributed by atoms with Crippen LogP contribution in [0.2, 0.25) is 13.1 Å². The quantitative estimate of drug-likeness (QED) is 0.647. The van der Waals surface area contributed by atoms with Gasteiger partial charge in [0, 0.05) is 0 Å². The van der Waals surface area contributed by atoms with Crippen molar-refractivity contribution < 1.29 is 4.12 Å². The Morgan fingerprint density at radius 2 is 1.92 bits per heavy atom. The van der Waals surface area contributed by atoms with E-state index in [2.05, 4.69) is 44.3 Å². The van der Waals surface area contributed by atoms with E-state index >= 15 is 0 Å². The highest BCUT2D eigenvalue weighted by molar-refractivity contribution is 6.61. The highest BCUT2D eigenvalue weighted by Gasteiger charge is 1.99. The third-order valence-corrected chi connectivity index (χ3v) is 6.27. The number of hydrogen-bond acceptors (Lipinski definition) is 1. The number of benzene rings is 1. The van der Waals surface area contributed by atoms with Crippen molar-refractivity contribution in [2.45, 2.75) is 20.0 Å². The van der Waals surface area contributed by atoms with E-state index < -0.39 is 18.8 Å². The first-order valence-electron chi connectivity index (χ1n) is 4.36. The Labute approximate surface area is 78.4 Å². The molecule has 0 radical (unpaired) electrons. The summed E-state index contributed by atoms with van der Waals surface area (Å²) in [6.07, 6.45) is 0. The lowest BCUT2D eigenvalue weighted by molar-refractivity contribution is 0.635. The topological polar surface area (TPSA) is 9.23 Å². The van der Waals surface area contributed by atoms with E-state index in [1.165, 1.54) is 10.8 Å². The van der Waals surface area contributed by atoms with Crippen LogP contribution in [0.25, 0.3) is 0 Å². The molecule has 1 nitrogen and oxygen atoms in total. The van der Waals surface area contributed by atoms with Gasteiger partial charge in [-0.05, 0) is 25.2 Å². The third-order valence-electron chi connectivity index (χ3n) is 1.83. The van der Waals surface area contributed by atoms with Crippen LogP contribution in [-0.2, 0) is 4.12 Å². The smallest absolute Gasteiger partial charge is 0.178 e. The maximum Gasteiger partial charge on any atom is 0.178 e. The maximum absolute atomic E-state index is 5.79. The molecule has 0 N–H and O–H groups in total. The SMILES string of the molecule is Cc1ccccc1[SiH2]O[SiH](C)C. The second-order valence-electron chi connectivity index (χ2n) is 3.29. The van der Waals surface area contributed by atoms with Crippen molar-refractivity contribution in [1.82, 2.24) is 0 Å². The van der Waals surface area contributed by atoms with E-state index in [0.29, 0.717) is 0 Å². The summed E-state index contributed by atoms with van der Waals surface area (Å²) >= 11 is 0. The van der Waals surface area contributed by atoms with Crippen molar-refractivity contribution in [2.75, 3.05) is 0 Å². The van der Waals surface area contributed by atoms with Gasteiger partial charge < -0.3 is 4.12 Å². The summed E-state index contributed by atoms with van der Waals surface area (Å²) in [5.41, 5.74) is 1.39. The molecule has 1 aromatic rings. The Kier molecular flexibility index (Phi) is 3.71. The van der Waals surface area contributed by atoms with E-state index in [-0.39, 0.29) is 0 Å². The standard InChI is InChI=1S/C9H16OSi2/c1-8-6-4-5-7-9(8)11-10-12(2)3/h4-7,12H,11H2,1-3H3. The van der Waals surface area contributed by atoms with E-state index in [1.807, 2.05) is 0 Å². The molecule has 0 bridgehead atoms. The first-order chi connectivity index (χ1) is 5.70. The van der Waals surface area contributed by atoms with Gasteiger partial charge in [-0.2, -0.15) is 0 Å². The first-order valence-corrected chi connectivity index (χ1v) is 8.43. The van der Waals surface area contributed by atoms with Gasteiger partial charge in [0.25, 0.3) is 0 Å². The average molecular weight is 196 g/mol. The normalized spacial score (nSPS) is 11.7. The fourth-order valence-corrected chi connectivity index (χ4v) is 3.66. The van der Waals surface area contributed by atoms with Crippen molar-refractivity contribution in [3.8, 4) is 0 Å². The van der Waals surface area contributed by atoms with Gasteiger partial charge in [0.2, 0.25) is 0 Å². The summed E-state index contributed by atoms with van der Waals surface area (Å²) in [5, 5.41) is 1.46. The number of rotatable bonds is 3. The molecule has 0 heterocycles. The summed E-state index contributed by atoms with van der Waals surface area (Å²) in [6, 6.07) is 8.53. The van der Waals surface area contributed by atoms with Crippen LogP contribution >= 0.6 is 0 Å². The van der Waals surface area contributed by atoms with Gasteiger partial charge in [0.05, 0.1) is 0 Å². The molecule has 1 rings (SSSR count). The third kappa shape index (κ3) is 2.93. The van der Waals surface area contributed by atoms with Crippen LogP contribution in [0, 0.1) is 6.92 Å². The lowest BCUT2D eigenvalue weighted by Gasteiger charge is -2.08. The molecule has 0 saturated heterocycles. The van der Waals surface area contributed by atoms with Crippen LogP contribution in [0.4, 0.5) is 0 Å². The van der Waals surface area contributed by atoms with Gasteiger partial charge in [-0.1, -0.05) is 29.8 Å². The van der Waals surface area contributed by atoms with Gasteiger partial charge in [0.1, 0.15) is 0 Å². The summed E-state index contributed by atoms with van der Waals surface area (Å²) in [6.45, 7) is 6.62. The van der Waals surface area contributed by atoms with E-state index in [0.717, 1.165) is 0 Å². The molecule has 0 unspecified atom stereocenters. The van der Waals surface area contributed by atoms with Crippen molar-refractivity contribution in [3.05, 3.63) is 29.8 Å². The fraction of sp³-hybridized carbons (Fsp3) is 0.333. The monoisotopic (exact) mass is 196 g/mol. The Morgan fingerprint density at radius 3 is 2.50 bits per heavy atom. The molecule has 0 saturated carbocycles. The van der Waals surface area contributed by atoms with Crippen LogP contribution in [0.5, 0.6) is 0 Å². The zero-order valence-corrected chi connectivity index (χ0v) is 10.6. The Morgan fingerprint density at radius 1 is 1.25 bits per heavy atom. The summed E-state index contributed by atoms with van der Waals surface area (Å²) < 4.78 is 5.79. The second kappa shape index (κ2) is 4.59. The number of aryl methyl sites for hydroxylation is 1. The van der Waals surface area contributed by atoms with E-state index in [9.17, 15) is 0 Å². The highest BCUT2D eigenvalue weighted by atomic mass is 28.3. The molecular weight excluding hydrogens is 180 g/mol. The average Bonchev–Trinajstić information content (AvgIpc) is 2.03. The van der Waals surface area contributed by atoms with Gasteiger partial charge in [-0.3, -0.25) is 0 Å². The lowest BCUT2D eigenvalue weighted by atomic mass is 10.2. The lowest BCUT2D eigenvalue weighted by Crippen LogP contribution is -2.24. The van der Waals surface area contributed by atoms with Crippen molar-refractivity contribution >= 4 is 24.0 Å². The molecule has 0 amide bonds. The molecule has 0 fully saturated rings. The minimum atomic E-state index is -0.799. The molecule has 0 spiro atoms. The van der Waals surface area contributed by atoms with Crippen molar-refractivity contribution in [2.24, 2.45) is 0 Å². The number of hydrogen-bond donors (Lipinski definition) is 0. The molecule has 0 aliphatic carbocycles. The molecule has 12 heavy (non-hydrogen) atoms. The summed E-state index contributed by atoms with van der Waals surface area (Å²) in [5.74, 6) is 0. The van der Waals surface area contributed by atoms with Crippen LogP contribution in [0.15, 0.2) is 24.3 Å². The van der Waals surface area contributed by atoms with Crippen LogP contribution in [0.3, 0.4) is 0 Å². The molecule has 0 aliphatic heterocycles. The highest BCUT2D eigenvalue weighted by Crippen LogP contribution is 1.92. The molecular formula is C9H16OSi2. The predicted molar refractivity (Wildman–Crippen MR) is 59.3 cm³/mol. The largest absolute Gasteiger partial charge is 0.459 e. The van der Waals surface area contributed by atoms with Gasteiger partial charge in [-0.15, -0.1) is 0 Å². The molecule has 0 aromatic heterocycles. The first kappa shape index (κ1) is 9.70. The predicted octanol–water partition coefficient (Wildman–Crippen LogP) is 0.704. The Hall–Kier alpha value is -0.386. The molecule has 3 heteroatoms. The van der Waals surface area contributed by atoms with E-state index in [1.54, 1.807) is 0 Å². The Balaban J connectivity index is 2.57. The Bertz CT molecular complexity index is 248. The van der Waals surface area contributed by atoms with Gasteiger partial charge in [0.15, 0.2) is 18.8 Å². The van der Waals surface area contributed by atoms with Crippen LogP contribution in [0.1, 0.15) is 5.56 Å². The summed E-state index contributed by atoms with van der Waals surface area (Å²) in [7, 11) is -1.23. The molecule has 0 atom stereocenters. The van der Waals surface area contributed by atoms with Crippen LogP contribution in [-0.4, -0.2) is 18.8 Å². The zero-order valence-electron chi connectivity index (χ0n) is 8.00. The minimum absolute atomic E-state index is 0.426. The molecule has 66 valence electrons. The van der Waals surface area contributed by atoms with Crippen LogP contribution < -0.4 is 5.19 Å². The maximum atomic E-state index is 5.79. The molecule has 0 aliphatic rings. The second-order valence-corrected chi connectivity index (χ2v) is 7.77. The van der Waals surface area contributed by atoms with Gasteiger partial charge in [-0.25, -0.2) is 0 Å². The van der Waals surface area contributed by atoms with Crippen molar-refractivity contribution in [3.63, 3.8) is 0 Å².